The molecule has 0 spiro atoms. The second-order valence-corrected chi connectivity index (χ2v) is 13.3. The summed E-state index contributed by atoms with van der Waals surface area (Å²) in [7, 11) is -2.28. The van der Waals surface area contributed by atoms with E-state index in [4.69, 9.17) is 12.6 Å². The number of hydrogen-bond acceptors (Lipinski definition) is 8. The van der Waals surface area contributed by atoms with Gasteiger partial charge in [-0.3, -0.25) is 14.5 Å². The maximum absolute atomic E-state index is 14.3. The van der Waals surface area contributed by atoms with Gasteiger partial charge in [-0.1, -0.05) is 42.2 Å². The quantitative estimate of drug-likeness (QED) is 0.131. The van der Waals surface area contributed by atoms with E-state index in [1.807, 2.05) is 72.8 Å². The number of aryl methyl sites for hydroxylation is 1. The third-order valence-corrected chi connectivity index (χ3v) is 9.54. The molecule has 14 heteroatoms. The Labute approximate surface area is 277 Å². The Morgan fingerprint density at radius 2 is 1.87 bits per heavy atom. The Bertz CT molecular complexity index is 2180. The minimum Gasteiger partial charge on any atom is -0.327 e. The molecule has 0 radical (unpaired) electrons. The van der Waals surface area contributed by atoms with E-state index < -0.39 is 27.5 Å². The average molecular weight is 666 g/mol. The smallest absolute Gasteiger partial charge is 0.294 e. The van der Waals surface area contributed by atoms with Crippen LogP contribution < -0.4 is 14.5 Å². The summed E-state index contributed by atoms with van der Waals surface area (Å²) in [5, 5.41) is 9.06. The van der Waals surface area contributed by atoms with Gasteiger partial charge in [-0.15, -0.1) is 17.5 Å². The molecule has 2 atom stereocenters. The van der Waals surface area contributed by atoms with E-state index in [1.165, 1.54) is 10.7 Å². The Balaban J connectivity index is 1.35. The van der Waals surface area contributed by atoms with E-state index in [1.54, 1.807) is 36.3 Å². The van der Waals surface area contributed by atoms with Gasteiger partial charge in [0, 0.05) is 54.2 Å². The number of aromatic nitrogens is 5. The Morgan fingerprint density at radius 1 is 1.06 bits per heavy atom. The van der Waals surface area contributed by atoms with Crippen LogP contribution in [-0.4, -0.2) is 55.8 Å². The van der Waals surface area contributed by atoms with Crippen LogP contribution in [0.1, 0.15) is 57.8 Å². The molecule has 3 aromatic heterocycles. The highest BCUT2D eigenvalue weighted by molar-refractivity contribution is 7.87. The lowest BCUT2D eigenvalue weighted by atomic mass is 9.93. The third kappa shape index (κ3) is 6.26. The van der Waals surface area contributed by atoms with Gasteiger partial charge in [-0.2, -0.15) is 23.3 Å². The van der Waals surface area contributed by atoms with Crippen molar-refractivity contribution in [2.24, 2.45) is 7.05 Å². The second kappa shape index (κ2) is 12.3. The number of anilines is 1. The molecule has 5 aromatic rings. The zero-order valence-electron chi connectivity index (χ0n) is 25.5. The zero-order valence-corrected chi connectivity index (χ0v) is 27.2. The summed E-state index contributed by atoms with van der Waals surface area (Å²) < 4.78 is 32.5. The summed E-state index contributed by atoms with van der Waals surface area (Å²) in [4.78, 5) is 23.2. The molecule has 2 unspecified atom stereocenters. The normalized spacial score (nSPS) is 16.6. The van der Waals surface area contributed by atoms with Crippen LogP contribution in [0.5, 0.6) is 0 Å². The summed E-state index contributed by atoms with van der Waals surface area (Å²) in [6.07, 6.45) is 11.6. The number of rotatable bonds is 8. The van der Waals surface area contributed by atoms with Crippen molar-refractivity contribution in [3.05, 3.63) is 119 Å². The Kier molecular flexibility index (Phi) is 8.06. The minimum absolute atomic E-state index is 0.144. The maximum atomic E-state index is 14.3. The van der Waals surface area contributed by atoms with Crippen LogP contribution in [-0.2, 0) is 17.3 Å². The van der Waals surface area contributed by atoms with Crippen molar-refractivity contribution in [2.75, 3.05) is 4.90 Å². The SMILES string of the molecule is CC(C1=Cc2cccc(C#Cc3cnn(C)c3)c2C(S)N1c1ccccc1)N(NS(=O)(=O)NC1CC1)C(=O)c1cnn2cccnc12. The molecule has 2 aliphatic rings. The lowest BCUT2D eigenvalue weighted by molar-refractivity contribution is 0.0670. The summed E-state index contributed by atoms with van der Waals surface area (Å²) in [5.74, 6) is 5.87. The van der Waals surface area contributed by atoms with Crippen LogP contribution in [0.15, 0.2) is 91.3 Å². The predicted molar refractivity (Wildman–Crippen MR) is 181 cm³/mol. The monoisotopic (exact) mass is 665 g/mol. The second-order valence-electron chi connectivity index (χ2n) is 11.4. The number of thiol groups is 1. The maximum Gasteiger partial charge on any atom is 0.294 e. The van der Waals surface area contributed by atoms with Gasteiger partial charge >= 0.3 is 0 Å². The summed E-state index contributed by atoms with van der Waals surface area (Å²) in [6, 6.07) is 16.1. The van der Waals surface area contributed by atoms with Crippen molar-refractivity contribution in [3.63, 3.8) is 0 Å². The first-order chi connectivity index (χ1) is 22.7. The van der Waals surface area contributed by atoms with E-state index in [-0.39, 0.29) is 11.6 Å². The van der Waals surface area contributed by atoms with Crippen molar-refractivity contribution in [3.8, 4) is 11.8 Å². The van der Waals surface area contributed by atoms with Gasteiger partial charge in [0.1, 0.15) is 10.9 Å². The van der Waals surface area contributed by atoms with Crippen molar-refractivity contribution >= 4 is 46.2 Å². The molecule has 1 aliphatic carbocycles. The van der Waals surface area contributed by atoms with Gasteiger partial charge in [0.15, 0.2) is 5.65 Å². The van der Waals surface area contributed by atoms with Crippen LogP contribution in [0.25, 0.3) is 11.7 Å². The fourth-order valence-electron chi connectivity index (χ4n) is 5.54. The highest BCUT2D eigenvalue weighted by Gasteiger charge is 2.38. The van der Waals surface area contributed by atoms with Crippen LogP contribution >= 0.6 is 12.6 Å². The number of hydrogen-bond donors (Lipinski definition) is 3. The molecule has 4 heterocycles. The Hall–Kier alpha value is -4.94. The van der Waals surface area contributed by atoms with Crippen molar-refractivity contribution < 1.29 is 13.2 Å². The Morgan fingerprint density at radius 3 is 2.62 bits per heavy atom. The van der Waals surface area contributed by atoms with Crippen LogP contribution in [0, 0.1) is 11.8 Å². The molecule has 2 N–H and O–H groups in total. The number of para-hydroxylation sites is 1. The largest absolute Gasteiger partial charge is 0.327 e. The van der Waals surface area contributed by atoms with Crippen molar-refractivity contribution in [1.82, 2.24) is 38.9 Å². The first-order valence-electron chi connectivity index (χ1n) is 15.0. The molecule has 0 bridgehead atoms. The fraction of sp³-hybridized carbons (Fsp3) is 0.212. The van der Waals surface area contributed by atoms with Crippen LogP contribution in [0.3, 0.4) is 0 Å². The minimum atomic E-state index is -4.12. The number of amides is 1. The fourth-order valence-corrected chi connectivity index (χ4v) is 7.33. The molecule has 238 valence electrons. The summed E-state index contributed by atoms with van der Waals surface area (Å²) in [5.41, 5.74) is 5.18. The molecule has 1 fully saturated rings. The van der Waals surface area contributed by atoms with E-state index >= 15 is 0 Å². The molecular weight excluding hydrogens is 635 g/mol. The van der Waals surface area contributed by atoms with Crippen LogP contribution in [0.4, 0.5) is 5.69 Å². The predicted octanol–water partition coefficient (Wildman–Crippen LogP) is 3.68. The molecule has 1 amide bonds. The molecular formula is C33H31N9O3S2. The lowest BCUT2D eigenvalue weighted by Crippen LogP contribution is -2.56. The first kappa shape index (κ1) is 30.7. The standard InChI is InChI=1S/C33H31N9O3S2/c1-22(42(38-47(44,45)37-26-14-15-26)32(43)28-20-36-40-17-7-16-34-31(28)40)29-18-25-9-6-8-24(13-12-23-19-35-39(2)21-23)30(25)33(46)41(29)27-10-4-3-5-11-27/h3-11,16-22,26,33,37-38,46H,14-15H2,1-2H3. The number of fused-ring (bicyclic) bond motifs is 2. The molecule has 12 nitrogen and oxygen atoms in total. The topological polar surface area (TPSA) is 130 Å². The average Bonchev–Trinajstić information content (AvgIpc) is 3.60. The summed E-state index contributed by atoms with van der Waals surface area (Å²) in [6.45, 7) is 1.77. The van der Waals surface area contributed by atoms with E-state index in [9.17, 15) is 13.2 Å². The van der Waals surface area contributed by atoms with Crippen molar-refractivity contribution in [2.45, 2.75) is 37.2 Å². The van der Waals surface area contributed by atoms with Crippen molar-refractivity contribution in [1.29, 1.82) is 0 Å². The highest BCUT2D eigenvalue weighted by Crippen LogP contribution is 2.43. The summed E-state index contributed by atoms with van der Waals surface area (Å²) >= 11 is 5.15. The molecule has 1 saturated carbocycles. The number of hydrazine groups is 1. The van der Waals surface area contributed by atoms with E-state index in [2.05, 4.69) is 36.6 Å². The number of carbonyl (C=O) groups excluding carboxylic acids is 1. The molecule has 47 heavy (non-hydrogen) atoms. The molecule has 1 aliphatic heterocycles. The lowest BCUT2D eigenvalue weighted by Gasteiger charge is -2.42. The number of carbonyl (C=O) groups is 1. The highest BCUT2D eigenvalue weighted by atomic mass is 32.2. The van der Waals surface area contributed by atoms with Gasteiger partial charge in [0.05, 0.1) is 24.0 Å². The van der Waals surface area contributed by atoms with Gasteiger partial charge in [0.2, 0.25) is 0 Å². The molecule has 7 rings (SSSR count). The van der Waals surface area contributed by atoms with Gasteiger partial charge in [-0.05, 0) is 55.7 Å². The van der Waals surface area contributed by atoms with Gasteiger partial charge in [-0.25, -0.2) is 9.50 Å². The van der Waals surface area contributed by atoms with Gasteiger partial charge in [0.25, 0.3) is 16.1 Å². The number of nitrogens with zero attached hydrogens (tertiary/aromatic N) is 7. The number of benzene rings is 2. The first-order valence-corrected chi connectivity index (χ1v) is 17.0. The van der Waals surface area contributed by atoms with E-state index in [0.717, 1.165) is 45.8 Å². The number of nitrogens with one attached hydrogen (secondary N) is 2. The molecule has 0 saturated heterocycles. The molecule has 2 aromatic carbocycles. The van der Waals surface area contributed by atoms with Gasteiger partial charge < -0.3 is 4.90 Å². The van der Waals surface area contributed by atoms with E-state index in [0.29, 0.717) is 11.3 Å². The third-order valence-electron chi connectivity index (χ3n) is 7.97. The van der Waals surface area contributed by atoms with Crippen LogP contribution in [0.2, 0.25) is 0 Å². The zero-order chi connectivity index (χ0) is 32.7.